The molecule has 0 spiro atoms. The summed E-state index contributed by atoms with van der Waals surface area (Å²) in [6, 6.07) is 10.1. The molecule has 5 heteroatoms. The maximum Gasteiger partial charge on any atom is 0.222 e. The second-order valence-corrected chi connectivity index (χ2v) is 6.60. The molecule has 2 heterocycles. The van der Waals surface area contributed by atoms with Crippen molar-refractivity contribution >= 4 is 5.90 Å². The fourth-order valence-corrected chi connectivity index (χ4v) is 3.35. The first-order chi connectivity index (χ1) is 12.2. The fourth-order valence-electron chi connectivity index (χ4n) is 3.35. The van der Waals surface area contributed by atoms with Gasteiger partial charge in [-0.2, -0.15) is 0 Å². The molecule has 0 unspecified atom stereocenters. The van der Waals surface area contributed by atoms with E-state index in [-0.39, 0.29) is 18.1 Å². The predicted octanol–water partition coefficient (Wildman–Crippen LogP) is 4.42. The molecule has 0 saturated heterocycles. The molecular weight excluding hydrogens is 316 g/mol. The Kier molecular flexibility index (Phi) is 5.53. The predicted molar refractivity (Wildman–Crippen MR) is 97.0 cm³/mol. The molecule has 1 aliphatic heterocycles. The highest BCUT2D eigenvalue weighted by molar-refractivity contribution is 5.97. The van der Waals surface area contributed by atoms with Gasteiger partial charge >= 0.3 is 0 Å². The van der Waals surface area contributed by atoms with E-state index in [1.807, 2.05) is 25.1 Å². The van der Waals surface area contributed by atoms with Crippen molar-refractivity contribution in [1.82, 2.24) is 5.16 Å². The van der Waals surface area contributed by atoms with E-state index in [0.717, 1.165) is 35.4 Å². The minimum atomic E-state index is -0.153. The number of hydrogen-bond acceptors (Lipinski definition) is 5. The minimum Gasteiger partial charge on any atom is -0.467 e. The molecule has 134 valence electrons. The number of nitrogens with zero attached hydrogens (tertiary/aromatic N) is 2. The lowest BCUT2D eigenvalue weighted by Crippen LogP contribution is -2.19. The Labute approximate surface area is 149 Å². The molecular formula is C20H26N2O3. The summed E-state index contributed by atoms with van der Waals surface area (Å²) in [6.07, 6.45) is 1.98. The Hall–Kier alpha value is -2.14. The first-order valence-corrected chi connectivity index (χ1v) is 8.90. The summed E-state index contributed by atoms with van der Waals surface area (Å²) in [6.45, 7) is 6.77. The Morgan fingerprint density at radius 2 is 2.00 bits per heavy atom. The molecule has 0 radical (unpaired) electrons. The molecule has 3 rings (SSSR count). The van der Waals surface area contributed by atoms with Crippen LogP contribution < -0.4 is 0 Å². The van der Waals surface area contributed by atoms with Gasteiger partial charge in [-0.3, -0.25) is 0 Å². The van der Waals surface area contributed by atoms with Crippen LogP contribution in [0.4, 0.5) is 0 Å². The number of methoxy groups -OCH3 is 1. The molecule has 25 heavy (non-hydrogen) atoms. The van der Waals surface area contributed by atoms with Crippen molar-refractivity contribution < 1.29 is 14.0 Å². The van der Waals surface area contributed by atoms with Crippen molar-refractivity contribution in [3.05, 3.63) is 52.9 Å². The van der Waals surface area contributed by atoms with Gasteiger partial charge in [0, 0.05) is 13.0 Å². The highest BCUT2D eigenvalue weighted by Gasteiger charge is 2.36. The maximum absolute atomic E-state index is 6.28. The summed E-state index contributed by atoms with van der Waals surface area (Å²) in [5.41, 5.74) is 2.82. The highest BCUT2D eigenvalue weighted by Crippen LogP contribution is 2.35. The average Bonchev–Trinajstić information content (AvgIpc) is 3.20. The van der Waals surface area contributed by atoms with Gasteiger partial charge in [0.1, 0.15) is 11.6 Å². The first kappa shape index (κ1) is 17.7. The Morgan fingerprint density at radius 1 is 1.24 bits per heavy atom. The lowest BCUT2D eigenvalue weighted by molar-refractivity contribution is 0.120. The van der Waals surface area contributed by atoms with Crippen molar-refractivity contribution in [1.29, 1.82) is 0 Å². The van der Waals surface area contributed by atoms with Crippen LogP contribution in [0, 0.1) is 6.92 Å². The van der Waals surface area contributed by atoms with Gasteiger partial charge in [0.2, 0.25) is 5.90 Å². The third kappa shape index (κ3) is 3.61. The summed E-state index contributed by atoms with van der Waals surface area (Å²) < 4.78 is 17.3. The lowest BCUT2D eigenvalue weighted by Gasteiger charge is -2.17. The smallest absolute Gasteiger partial charge is 0.222 e. The average molecular weight is 342 g/mol. The zero-order valence-corrected chi connectivity index (χ0v) is 15.4. The van der Waals surface area contributed by atoms with Crippen molar-refractivity contribution in [3.8, 4) is 0 Å². The first-order valence-electron chi connectivity index (χ1n) is 8.90. The number of benzene rings is 1. The molecule has 0 aliphatic carbocycles. The van der Waals surface area contributed by atoms with E-state index in [0.29, 0.717) is 12.5 Å². The van der Waals surface area contributed by atoms with Gasteiger partial charge in [0.05, 0.1) is 12.3 Å². The number of aryl methyl sites for hydroxylation is 1. The van der Waals surface area contributed by atoms with Gasteiger partial charge in [0.25, 0.3) is 0 Å². The standard InChI is InChI=1S/C20H26N2O3/c1-5-9-13(2)18-17(14(3)22-25-18)20-21-16(12-23-4)19(24-20)15-10-7-6-8-11-15/h6-8,10-11,13,16,19H,5,9,12H2,1-4H3/t13-,16-,19-/m0/s1. The van der Waals surface area contributed by atoms with Crippen LogP contribution in [0.2, 0.25) is 0 Å². The third-order valence-electron chi connectivity index (χ3n) is 4.61. The van der Waals surface area contributed by atoms with Crippen LogP contribution in [-0.4, -0.2) is 30.8 Å². The van der Waals surface area contributed by atoms with Crippen molar-refractivity contribution in [2.75, 3.05) is 13.7 Å². The molecule has 3 atom stereocenters. The molecule has 2 aromatic rings. The number of aromatic nitrogens is 1. The lowest BCUT2D eigenvalue weighted by atomic mass is 9.98. The summed E-state index contributed by atoms with van der Waals surface area (Å²) in [5.74, 6) is 1.76. The largest absolute Gasteiger partial charge is 0.467 e. The van der Waals surface area contributed by atoms with E-state index >= 15 is 0 Å². The van der Waals surface area contributed by atoms with Gasteiger partial charge in [-0.05, 0) is 18.9 Å². The summed E-state index contributed by atoms with van der Waals surface area (Å²) in [7, 11) is 1.69. The molecule has 1 aliphatic rings. The minimum absolute atomic E-state index is 0.0777. The third-order valence-corrected chi connectivity index (χ3v) is 4.61. The van der Waals surface area contributed by atoms with Gasteiger partial charge < -0.3 is 14.0 Å². The van der Waals surface area contributed by atoms with Crippen LogP contribution in [0.15, 0.2) is 39.8 Å². The zero-order chi connectivity index (χ0) is 17.8. The molecule has 0 bridgehead atoms. The molecule has 0 fully saturated rings. The van der Waals surface area contributed by atoms with Crippen LogP contribution in [0.3, 0.4) is 0 Å². The van der Waals surface area contributed by atoms with Crippen LogP contribution in [0.5, 0.6) is 0 Å². The van der Waals surface area contributed by atoms with Crippen LogP contribution in [0.25, 0.3) is 0 Å². The topological polar surface area (TPSA) is 56.9 Å². The molecule has 1 aromatic carbocycles. The number of hydrogen-bond donors (Lipinski definition) is 0. The summed E-state index contributed by atoms with van der Waals surface area (Å²) >= 11 is 0. The molecule has 5 nitrogen and oxygen atoms in total. The van der Waals surface area contributed by atoms with Gasteiger partial charge in [0.15, 0.2) is 11.9 Å². The van der Waals surface area contributed by atoms with E-state index in [9.17, 15) is 0 Å². The van der Waals surface area contributed by atoms with Crippen molar-refractivity contribution in [2.24, 2.45) is 4.99 Å². The summed E-state index contributed by atoms with van der Waals surface area (Å²) in [4.78, 5) is 4.81. The van der Waals surface area contributed by atoms with E-state index in [2.05, 4.69) is 31.1 Å². The van der Waals surface area contributed by atoms with Crippen molar-refractivity contribution in [2.45, 2.75) is 51.7 Å². The Bertz CT molecular complexity index is 724. The van der Waals surface area contributed by atoms with Crippen LogP contribution in [0.1, 0.15) is 61.3 Å². The molecule has 0 N–H and O–H groups in total. The molecule has 1 aromatic heterocycles. The van der Waals surface area contributed by atoms with Crippen LogP contribution >= 0.6 is 0 Å². The van der Waals surface area contributed by atoms with Gasteiger partial charge in [-0.25, -0.2) is 4.99 Å². The second-order valence-electron chi connectivity index (χ2n) is 6.60. The van der Waals surface area contributed by atoms with E-state index in [1.165, 1.54) is 0 Å². The van der Waals surface area contributed by atoms with Gasteiger partial charge in [-0.1, -0.05) is 55.8 Å². The van der Waals surface area contributed by atoms with Crippen molar-refractivity contribution in [3.63, 3.8) is 0 Å². The fraction of sp³-hybridized carbons (Fsp3) is 0.500. The van der Waals surface area contributed by atoms with E-state index < -0.39 is 0 Å². The highest BCUT2D eigenvalue weighted by atomic mass is 16.5. The number of aliphatic imine (C=N–C) groups is 1. The SMILES string of the molecule is CCC[C@H](C)c1onc(C)c1C1=N[C@@H](COC)[C@H](c2ccccc2)O1. The Morgan fingerprint density at radius 3 is 2.68 bits per heavy atom. The normalized spacial score (nSPS) is 21.0. The maximum atomic E-state index is 6.28. The Balaban J connectivity index is 1.93. The number of rotatable bonds is 7. The van der Waals surface area contributed by atoms with Gasteiger partial charge in [-0.15, -0.1) is 0 Å². The van der Waals surface area contributed by atoms with E-state index in [1.54, 1.807) is 7.11 Å². The monoisotopic (exact) mass is 342 g/mol. The number of ether oxygens (including phenoxy) is 2. The quantitative estimate of drug-likeness (QED) is 0.747. The summed E-state index contributed by atoms with van der Waals surface area (Å²) in [5, 5.41) is 4.17. The second kappa shape index (κ2) is 7.83. The van der Waals surface area contributed by atoms with E-state index in [4.69, 9.17) is 19.0 Å². The molecule has 0 amide bonds. The van der Waals surface area contributed by atoms with Crippen LogP contribution in [-0.2, 0) is 9.47 Å². The molecule has 0 saturated carbocycles. The zero-order valence-electron chi connectivity index (χ0n) is 15.4.